The van der Waals surface area contributed by atoms with Gasteiger partial charge >= 0.3 is 0 Å². The molecular weight excluding hydrogens is 548 g/mol. The first-order valence-electron chi connectivity index (χ1n) is 12.0. The van der Waals surface area contributed by atoms with Crippen molar-refractivity contribution in [2.45, 2.75) is 19.8 Å². The van der Waals surface area contributed by atoms with Crippen LogP contribution in [-0.4, -0.2) is 35.5 Å². The molecule has 0 aliphatic rings. The van der Waals surface area contributed by atoms with Crippen LogP contribution in [0.1, 0.15) is 23.9 Å². The van der Waals surface area contributed by atoms with Gasteiger partial charge in [0, 0.05) is 22.1 Å². The predicted molar refractivity (Wildman–Crippen MR) is 154 cm³/mol. The summed E-state index contributed by atoms with van der Waals surface area (Å²) in [5.74, 6) is 1.12. The molecule has 1 amide bonds. The summed E-state index contributed by atoms with van der Waals surface area (Å²) in [5.41, 5.74) is 2.49. The lowest BCUT2D eigenvalue weighted by Gasteiger charge is -2.16. The SMILES string of the molecule is C=CCc1cc(C=Nn2c(CC)nc3ccc(Br)cc3c2=O)cc(OC)c1OCC(=O)Nc1ccccc1. The number of methoxy groups -OCH3 is 1. The van der Waals surface area contributed by atoms with Crippen molar-refractivity contribution in [2.75, 3.05) is 19.0 Å². The van der Waals surface area contributed by atoms with Crippen LogP contribution in [0.25, 0.3) is 10.9 Å². The quantitative estimate of drug-likeness (QED) is 0.203. The van der Waals surface area contributed by atoms with E-state index < -0.39 is 0 Å². The third kappa shape index (κ3) is 6.18. The van der Waals surface area contributed by atoms with Gasteiger partial charge in [0.1, 0.15) is 5.82 Å². The molecule has 38 heavy (non-hydrogen) atoms. The molecule has 0 fully saturated rings. The highest BCUT2D eigenvalue weighted by atomic mass is 79.9. The fourth-order valence-electron chi connectivity index (χ4n) is 3.90. The van der Waals surface area contributed by atoms with E-state index in [0.717, 1.165) is 10.0 Å². The molecule has 3 aromatic carbocycles. The average molecular weight is 575 g/mol. The standard InChI is InChI=1S/C29H27BrN4O4/c1-4-9-20-14-19(15-25(37-3)28(20)38-18-27(35)32-22-10-7-6-8-11-22)17-31-34-26(5-2)33-24-13-12-21(30)16-23(24)29(34)36/h4,6-8,10-17H,1,5,9,18H2,2-3H3,(H,32,35). The number of para-hydroxylation sites is 1. The number of rotatable bonds is 10. The van der Waals surface area contributed by atoms with Crippen LogP contribution >= 0.6 is 15.9 Å². The van der Waals surface area contributed by atoms with Gasteiger partial charge in [-0.05, 0) is 54.4 Å². The lowest BCUT2D eigenvalue weighted by atomic mass is 10.1. The van der Waals surface area contributed by atoms with E-state index in [1.807, 2.05) is 37.3 Å². The number of hydrogen-bond acceptors (Lipinski definition) is 6. The monoisotopic (exact) mass is 574 g/mol. The van der Waals surface area contributed by atoms with E-state index in [1.54, 1.807) is 42.6 Å². The number of benzene rings is 3. The third-order valence-corrected chi connectivity index (χ3v) is 6.15. The summed E-state index contributed by atoms with van der Waals surface area (Å²) in [5, 5.41) is 7.73. The van der Waals surface area contributed by atoms with Crippen LogP contribution in [0.3, 0.4) is 0 Å². The Morgan fingerprint density at radius 2 is 1.97 bits per heavy atom. The first-order chi connectivity index (χ1) is 18.4. The number of ether oxygens (including phenoxy) is 2. The summed E-state index contributed by atoms with van der Waals surface area (Å²) in [6.45, 7) is 5.55. The highest BCUT2D eigenvalue weighted by Gasteiger charge is 2.15. The van der Waals surface area contributed by atoms with Crippen LogP contribution in [0, 0.1) is 0 Å². The average Bonchev–Trinajstić information content (AvgIpc) is 2.92. The summed E-state index contributed by atoms with van der Waals surface area (Å²) < 4.78 is 13.6. The van der Waals surface area contributed by atoms with E-state index in [0.29, 0.717) is 52.3 Å². The molecule has 4 rings (SSSR count). The maximum atomic E-state index is 13.2. The number of aryl methyl sites for hydroxylation is 1. The number of carbonyl (C=O) groups is 1. The molecule has 1 aromatic heterocycles. The van der Waals surface area contributed by atoms with E-state index in [2.05, 4.69) is 37.9 Å². The highest BCUT2D eigenvalue weighted by Crippen LogP contribution is 2.33. The van der Waals surface area contributed by atoms with Crippen molar-refractivity contribution in [3.63, 3.8) is 0 Å². The molecule has 0 aliphatic carbocycles. The zero-order chi connectivity index (χ0) is 27.1. The second-order valence-electron chi connectivity index (χ2n) is 8.31. The predicted octanol–water partition coefficient (Wildman–Crippen LogP) is 5.36. The first-order valence-corrected chi connectivity index (χ1v) is 12.8. The normalized spacial score (nSPS) is 11.0. The van der Waals surface area contributed by atoms with Gasteiger partial charge in [-0.25, -0.2) is 4.98 Å². The molecule has 0 unspecified atom stereocenters. The number of halogens is 1. The molecule has 9 heteroatoms. The van der Waals surface area contributed by atoms with Crippen molar-refractivity contribution >= 4 is 44.6 Å². The number of nitrogens with zero attached hydrogens (tertiary/aromatic N) is 3. The molecule has 194 valence electrons. The molecule has 0 atom stereocenters. The van der Waals surface area contributed by atoms with E-state index in [4.69, 9.17) is 9.47 Å². The fourth-order valence-corrected chi connectivity index (χ4v) is 4.27. The minimum atomic E-state index is -0.296. The Kier molecular flexibility index (Phi) is 8.70. The Morgan fingerprint density at radius 1 is 1.18 bits per heavy atom. The second kappa shape index (κ2) is 12.3. The summed E-state index contributed by atoms with van der Waals surface area (Å²) >= 11 is 3.41. The molecule has 0 saturated carbocycles. The van der Waals surface area contributed by atoms with Gasteiger partial charge in [-0.3, -0.25) is 9.59 Å². The molecule has 4 aromatic rings. The summed E-state index contributed by atoms with van der Waals surface area (Å²) in [7, 11) is 1.52. The number of hydrogen-bond donors (Lipinski definition) is 1. The highest BCUT2D eigenvalue weighted by molar-refractivity contribution is 9.10. The zero-order valence-corrected chi connectivity index (χ0v) is 22.7. The fraction of sp³-hybridized carbons (Fsp3) is 0.172. The minimum Gasteiger partial charge on any atom is -0.493 e. The zero-order valence-electron chi connectivity index (χ0n) is 21.1. The van der Waals surface area contributed by atoms with Crippen LogP contribution in [0.2, 0.25) is 0 Å². The van der Waals surface area contributed by atoms with Crippen LogP contribution in [0.15, 0.2) is 87.7 Å². The molecule has 0 aliphatic heterocycles. The van der Waals surface area contributed by atoms with Crippen molar-refractivity contribution in [3.8, 4) is 11.5 Å². The van der Waals surface area contributed by atoms with Gasteiger partial charge in [0.15, 0.2) is 18.1 Å². The number of fused-ring (bicyclic) bond motifs is 1. The van der Waals surface area contributed by atoms with Gasteiger partial charge in [-0.2, -0.15) is 9.78 Å². The molecule has 0 spiro atoms. The number of nitrogens with one attached hydrogen (secondary N) is 1. The third-order valence-electron chi connectivity index (χ3n) is 5.66. The Bertz CT molecular complexity index is 1560. The summed E-state index contributed by atoms with van der Waals surface area (Å²) in [6, 6.07) is 18.1. The van der Waals surface area contributed by atoms with Gasteiger partial charge in [-0.1, -0.05) is 47.1 Å². The van der Waals surface area contributed by atoms with Gasteiger partial charge in [0.25, 0.3) is 11.5 Å². The van der Waals surface area contributed by atoms with Crippen LogP contribution in [-0.2, 0) is 17.6 Å². The number of anilines is 1. The Morgan fingerprint density at radius 3 is 2.68 bits per heavy atom. The number of allylic oxidation sites excluding steroid dienone is 1. The maximum Gasteiger partial charge on any atom is 0.282 e. The topological polar surface area (TPSA) is 94.8 Å². The summed E-state index contributed by atoms with van der Waals surface area (Å²) in [4.78, 5) is 30.2. The van der Waals surface area contributed by atoms with Gasteiger partial charge in [0.05, 0.1) is 24.2 Å². The molecule has 1 N–H and O–H groups in total. The lowest BCUT2D eigenvalue weighted by molar-refractivity contribution is -0.118. The van der Waals surface area contributed by atoms with Crippen molar-refractivity contribution in [3.05, 3.63) is 105 Å². The van der Waals surface area contributed by atoms with Gasteiger partial charge in [-0.15, -0.1) is 6.58 Å². The number of aromatic nitrogens is 2. The smallest absolute Gasteiger partial charge is 0.282 e. The largest absolute Gasteiger partial charge is 0.493 e. The Hall–Kier alpha value is -4.24. The van der Waals surface area contributed by atoms with Crippen LogP contribution in [0.5, 0.6) is 11.5 Å². The maximum absolute atomic E-state index is 13.2. The first kappa shape index (κ1) is 26.8. The number of carbonyl (C=O) groups excluding carboxylic acids is 1. The Labute approximate surface area is 228 Å². The van der Waals surface area contributed by atoms with Gasteiger partial charge in [0.2, 0.25) is 0 Å². The second-order valence-corrected chi connectivity index (χ2v) is 9.23. The molecule has 0 saturated heterocycles. The van der Waals surface area contributed by atoms with E-state index >= 15 is 0 Å². The summed E-state index contributed by atoms with van der Waals surface area (Å²) in [6.07, 6.45) is 4.31. The van der Waals surface area contributed by atoms with Crippen molar-refractivity contribution in [1.29, 1.82) is 0 Å². The minimum absolute atomic E-state index is 0.198. The van der Waals surface area contributed by atoms with E-state index in [9.17, 15) is 9.59 Å². The van der Waals surface area contributed by atoms with Crippen molar-refractivity contribution in [2.24, 2.45) is 5.10 Å². The van der Waals surface area contributed by atoms with E-state index in [1.165, 1.54) is 11.8 Å². The lowest BCUT2D eigenvalue weighted by Crippen LogP contribution is -2.22. The Balaban J connectivity index is 1.64. The van der Waals surface area contributed by atoms with Gasteiger partial charge < -0.3 is 14.8 Å². The molecule has 8 nitrogen and oxygen atoms in total. The molecule has 0 radical (unpaired) electrons. The van der Waals surface area contributed by atoms with Crippen molar-refractivity contribution in [1.82, 2.24) is 9.66 Å². The molecule has 1 heterocycles. The van der Waals surface area contributed by atoms with Crippen molar-refractivity contribution < 1.29 is 14.3 Å². The van der Waals surface area contributed by atoms with Crippen LogP contribution in [0.4, 0.5) is 5.69 Å². The molecular formula is C29H27BrN4O4. The van der Waals surface area contributed by atoms with E-state index in [-0.39, 0.29) is 18.1 Å². The number of amides is 1. The molecule has 0 bridgehead atoms. The van der Waals surface area contributed by atoms with Crippen LogP contribution < -0.4 is 20.3 Å².